The van der Waals surface area contributed by atoms with Crippen molar-refractivity contribution in [1.29, 1.82) is 0 Å². The topological polar surface area (TPSA) is 60.2 Å². The molecule has 1 aromatic heterocycles. The fourth-order valence-corrected chi connectivity index (χ4v) is 1.86. The first-order valence-corrected chi connectivity index (χ1v) is 5.93. The molecule has 0 bridgehead atoms. The summed E-state index contributed by atoms with van der Waals surface area (Å²) in [5.74, 6) is 1.92. The molecule has 90 valence electrons. The smallest absolute Gasteiger partial charge is 0.226 e. The van der Waals surface area contributed by atoms with Crippen molar-refractivity contribution in [2.24, 2.45) is 5.92 Å². The molecule has 2 atom stereocenters. The van der Waals surface area contributed by atoms with Gasteiger partial charge in [-0.15, -0.1) is 0 Å². The molecule has 5 heteroatoms. The Kier molecular flexibility index (Phi) is 3.90. The Hall–Kier alpha value is -0.940. The van der Waals surface area contributed by atoms with Crippen LogP contribution >= 0.6 is 0 Å². The van der Waals surface area contributed by atoms with E-state index in [0.717, 1.165) is 25.9 Å². The molecule has 1 N–H and O–H groups in total. The molecule has 1 fully saturated rings. The number of rotatable bonds is 4. The number of nitrogens with one attached hydrogen (secondary N) is 1. The predicted molar refractivity (Wildman–Crippen MR) is 58.9 cm³/mol. The van der Waals surface area contributed by atoms with Gasteiger partial charge in [0.1, 0.15) is 6.61 Å². The Morgan fingerprint density at radius 2 is 2.44 bits per heavy atom. The maximum Gasteiger partial charge on any atom is 0.226 e. The molecule has 16 heavy (non-hydrogen) atoms. The maximum absolute atomic E-state index is 5.79. The third-order valence-corrected chi connectivity index (χ3v) is 3.00. The lowest BCUT2D eigenvalue weighted by atomic mass is 9.97. The number of hydrogen-bond acceptors (Lipinski definition) is 5. The van der Waals surface area contributed by atoms with E-state index in [1.165, 1.54) is 0 Å². The van der Waals surface area contributed by atoms with Crippen LogP contribution < -0.4 is 5.32 Å². The molecule has 0 aliphatic carbocycles. The number of nitrogens with zero attached hydrogens (tertiary/aromatic N) is 2. The van der Waals surface area contributed by atoms with Gasteiger partial charge in [-0.3, -0.25) is 0 Å². The van der Waals surface area contributed by atoms with Crippen LogP contribution in [-0.2, 0) is 17.8 Å². The van der Waals surface area contributed by atoms with E-state index in [2.05, 4.69) is 22.4 Å². The average molecular weight is 225 g/mol. The zero-order valence-electron chi connectivity index (χ0n) is 9.90. The minimum Gasteiger partial charge on any atom is -0.368 e. The molecule has 1 saturated heterocycles. The monoisotopic (exact) mass is 225 g/mol. The maximum atomic E-state index is 5.79. The summed E-state index contributed by atoms with van der Waals surface area (Å²) in [5, 5.41) is 7.19. The number of ether oxygens (including phenoxy) is 1. The first-order chi connectivity index (χ1) is 7.79. The summed E-state index contributed by atoms with van der Waals surface area (Å²) in [6.07, 6.45) is 2.20. The Labute approximate surface area is 95.6 Å². The molecule has 0 spiro atoms. The summed E-state index contributed by atoms with van der Waals surface area (Å²) in [7, 11) is 0. The second kappa shape index (κ2) is 5.41. The van der Waals surface area contributed by atoms with Crippen LogP contribution in [0.2, 0.25) is 0 Å². The van der Waals surface area contributed by atoms with E-state index in [4.69, 9.17) is 9.26 Å². The lowest BCUT2D eigenvalue weighted by molar-refractivity contribution is -0.0101. The number of aromatic nitrogens is 2. The first-order valence-electron chi connectivity index (χ1n) is 5.93. The summed E-state index contributed by atoms with van der Waals surface area (Å²) in [4.78, 5) is 4.21. The second-order valence-corrected chi connectivity index (χ2v) is 4.28. The highest BCUT2D eigenvalue weighted by Crippen LogP contribution is 2.15. The fourth-order valence-electron chi connectivity index (χ4n) is 1.86. The van der Waals surface area contributed by atoms with E-state index in [0.29, 0.717) is 24.2 Å². The fraction of sp³-hybridized carbons (Fsp3) is 0.818. The van der Waals surface area contributed by atoms with Crippen molar-refractivity contribution in [3.8, 4) is 0 Å². The Balaban J connectivity index is 1.81. The van der Waals surface area contributed by atoms with Crippen LogP contribution in [0.25, 0.3) is 0 Å². The summed E-state index contributed by atoms with van der Waals surface area (Å²) >= 11 is 0. The summed E-state index contributed by atoms with van der Waals surface area (Å²) < 4.78 is 10.8. The van der Waals surface area contributed by atoms with Gasteiger partial charge in [-0.1, -0.05) is 19.0 Å². The molecular weight excluding hydrogens is 206 g/mol. The van der Waals surface area contributed by atoms with Gasteiger partial charge in [0.15, 0.2) is 5.82 Å². The molecule has 2 unspecified atom stereocenters. The van der Waals surface area contributed by atoms with Gasteiger partial charge in [0.2, 0.25) is 5.89 Å². The van der Waals surface area contributed by atoms with E-state index < -0.39 is 0 Å². The minimum absolute atomic E-state index is 0.261. The van der Waals surface area contributed by atoms with E-state index in [-0.39, 0.29) is 6.10 Å². The van der Waals surface area contributed by atoms with E-state index in [9.17, 15) is 0 Å². The molecular formula is C11H19N3O2. The van der Waals surface area contributed by atoms with E-state index >= 15 is 0 Å². The molecule has 2 heterocycles. The summed E-state index contributed by atoms with van der Waals surface area (Å²) in [5.41, 5.74) is 0. The normalized spacial score (nSPS) is 25.9. The molecule has 0 radical (unpaired) electrons. The van der Waals surface area contributed by atoms with Crippen LogP contribution in [0, 0.1) is 5.92 Å². The van der Waals surface area contributed by atoms with Crippen molar-refractivity contribution >= 4 is 0 Å². The van der Waals surface area contributed by atoms with Crippen LogP contribution in [0.3, 0.4) is 0 Å². The molecule has 1 aliphatic heterocycles. The van der Waals surface area contributed by atoms with Crippen molar-refractivity contribution in [3.05, 3.63) is 11.7 Å². The molecule has 5 nitrogen and oxygen atoms in total. The lowest BCUT2D eigenvalue weighted by Gasteiger charge is -2.28. The van der Waals surface area contributed by atoms with Crippen LogP contribution in [0.4, 0.5) is 0 Å². The Morgan fingerprint density at radius 1 is 1.56 bits per heavy atom. The van der Waals surface area contributed by atoms with Crippen LogP contribution in [0.5, 0.6) is 0 Å². The Bertz CT molecular complexity index is 327. The van der Waals surface area contributed by atoms with Crippen molar-refractivity contribution in [1.82, 2.24) is 15.5 Å². The van der Waals surface area contributed by atoms with Gasteiger partial charge < -0.3 is 14.6 Å². The van der Waals surface area contributed by atoms with Gasteiger partial charge in [0.25, 0.3) is 0 Å². The largest absolute Gasteiger partial charge is 0.368 e. The highest BCUT2D eigenvalue weighted by molar-refractivity contribution is 4.84. The van der Waals surface area contributed by atoms with Gasteiger partial charge in [-0.25, -0.2) is 0 Å². The van der Waals surface area contributed by atoms with Crippen LogP contribution in [0.15, 0.2) is 4.52 Å². The third-order valence-electron chi connectivity index (χ3n) is 3.00. The third kappa shape index (κ3) is 2.80. The SMILES string of the molecule is CCc1nc(COC2CNCCC2C)no1. The molecule has 0 amide bonds. The quantitative estimate of drug-likeness (QED) is 0.832. The van der Waals surface area contributed by atoms with E-state index in [1.54, 1.807) is 0 Å². The number of hydrogen-bond donors (Lipinski definition) is 1. The summed E-state index contributed by atoms with van der Waals surface area (Å²) in [6, 6.07) is 0. The molecule has 0 saturated carbocycles. The van der Waals surface area contributed by atoms with Gasteiger partial charge in [-0.05, 0) is 18.9 Å². The predicted octanol–water partition coefficient (Wildman–Crippen LogP) is 1.15. The van der Waals surface area contributed by atoms with Crippen molar-refractivity contribution < 1.29 is 9.26 Å². The van der Waals surface area contributed by atoms with Gasteiger partial charge in [0, 0.05) is 13.0 Å². The average Bonchev–Trinajstić information content (AvgIpc) is 2.76. The van der Waals surface area contributed by atoms with E-state index in [1.807, 2.05) is 6.92 Å². The second-order valence-electron chi connectivity index (χ2n) is 4.28. The van der Waals surface area contributed by atoms with Gasteiger partial charge in [-0.2, -0.15) is 4.98 Å². The molecule has 1 aliphatic rings. The van der Waals surface area contributed by atoms with Crippen LogP contribution in [-0.4, -0.2) is 29.3 Å². The molecule has 2 rings (SSSR count). The zero-order valence-corrected chi connectivity index (χ0v) is 9.90. The van der Waals surface area contributed by atoms with Crippen LogP contribution in [0.1, 0.15) is 32.0 Å². The molecule has 1 aromatic rings. The lowest BCUT2D eigenvalue weighted by Crippen LogP contribution is -2.41. The minimum atomic E-state index is 0.261. The zero-order chi connectivity index (χ0) is 11.4. The first kappa shape index (κ1) is 11.5. The highest BCUT2D eigenvalue weighted by Gasteiger charge is 2.22. The summed E-state index contributed by atoms with van der Waals surface area (Å²) in [6.45, 7) is 6.66. The van der Waals surface area contributed by atoms with Crippen molar-refractivity contribution in [2.45, 2.75) is 39.4 Å². The number of piperidine rings is 1. The number of aryl methyl sites for hydroxylation is 1. The molecule has 0 aromatic carbocycles. The van der Waals surface area contributed by atoms with Gasteiger partial charge >= 0.3 is 0 Å². The Morgan fingerprint density at radius 3 is 3.12 bits per heavy atom. The highest BCUT2D eigenvalue weighted by atomic mass is 16.5. The van der Waals surface area contributed by atoms with Gasteiger partial charge in [0.05, 0.1) is 6.10 Å². The van der Waals surface area contributed by atoms with Crippen molar-refractivity contribution in [3.63, 3.8) is 0 Å². The standard InChI is InChI=1S/C11H19N3O2/c1-3-11-13-10(14-16-11)7-15-9-6-12-5-4-8(9)2/h8-9,12H,3-7H2,1-2H3. The van der Waals surface area contributed by atoms with Crippen molar-refractivity contribution in [2.75, 3.05) is 13.1 Å².